The number of rotatable bonds is 6. The topological polar surface area (TPSA) is 20.3 Å². The van der Waals surface area contributed by atoms with E-state index in [0.29, 0.717) is 6.42 Å². The second kappa shape index (κ2) is 7.57. The highest BCUT2D eigenvalue weighted by Gasteiger charge is 2.13. The van der Waals surface area contributed by atoms with Gasteiger partial charge < -0.3 is 4.90 Å². The van der Waals surface area contributed by atoms with E-state index in [4.69, 9.17) is 0 Å². The molecule has 0 radical (unpaired) electrons. The van der Waals surface area contributed by atoms with Crippen molar-refractivity contribution in [2.45, 2.75) is 33.6 Å². The lowest BCUT2D eigenvalue weighted by Crippen LogP contribution is -2.33. The van der Waals surface area contributed by atoms with Crippen LogP contribution >= 0.6 is 15.9 Å². The molecule has 0 aromatic heterocycles. The van der Waals surface area contributed by atoms with Crippen LogP contribution in [0.15, 0.2) is 18.2 Å². The normalized spacial score (nSPS) is 10.4. The second-order valence-electron chi connectivity index (χ2n) is 4.62. The first-order chi connectivity index (χ1) is 8.58. The van der Waals surface area contributed by atoms with E-state index in [1.54, 1.807) is 0 Å². The Morgan fingerprint density at radius 3 is 2.67 bits per heavy atom. The second-order valence-corrected chi connectivity index (χ2v) is 5.42. The summed E-state index contributed by atoms with van der Waals surface area (Å²) in [6.45, 7) is 7.80. The lowest BCUT2D eigenvalue weighted by Gasteiger charge is -2.21. The number of likely N-dealkylation sites (N-methyl/N-ethyl adjacent to an activating group) is 1. The molecule has 0 saturated heterocycles. The van der Waals surface area contributed by atoms with E-state index in [2.05, 4.69) is 48.0 Å². The van der Waals surface area contributed by atoms with Gasteiger partial charge in [-0.25, -0.2) is 0 Å². The predicted molar refractivity (Wildman–Crippen MR) is 80.3 cm³/mol. The van der Waals surface area contributed by atoms with Crippen molar-refractivity contribution in [3.8, 4) is 0 Å². The number of carbonyl (C=O) groups is 1. The van der Waals surface area contributed by atoms with Gasteiger partial charge in [0.2, 0.25) is 5.91 Å². The van der Waals surface area contributed by atoms with Crippen LogP contribution in [0.2, 0.25) is 0 Å². The molecule has 100 valence electrons. The summed E-state index contributed by atoms with van der Waals surface area (Å²) in [7, 11) is 0. The third-order valence-electron chi connectivity index (χ3n) is 3.14. The van der Waals surface area contributed by atoms with Crippen molar-refractivity contribution in [2.75, 3.05) is 18.4 Å². The number of carbonyl (C=O) groups excluding carboxylic acids is 1. The minimum absolute atomic E-state index is 0.229. The zero-order chi connectivity index (χ0) is 13.5. The molecule has 1 amide bonds. The zero-order valence-corrected chi connectivity index (χ0v) is 13.1. The molecule has 0 N–H and O–H groups in total. The van der Waals surface area contributed by atoms with E-state index in [9.17, 15) is 4.79 Å². The van der Waals surface area contributed by atoms with Crippen molar-refractivity contribution in [1.82, 2.24) is 4.90 Å². The summed E-state index contributed by atoms with van der Waals surface area (Å²) < 4.78 is 0. The zero-order valence-electron chi connectivity index (χ0n) is 11.5. The number of amides is 1. The van der Waals surface area contributed by atoms with Crippen LogP contribution in [0.5, 0.6) is 0 Å². The van der Waals surface area contributed by atoms with Gasteiger partial charge in [0.1, 0.15) is 0 Å². The number of benzene rings is 1. The predicted octanol–water partition coefficient (Wildman–Crippen LogP) is 3.48. The summed E-state index contributed by atoms with van der Waals surface area (Å²) in [6.07, 6.45) is 1.52. The van der Waals surface area contributed by atoms with Crippen molar-refractivity contribution < 1.29 is 4.79 Å². The Balaban J connectivity index is 2.70. The molecule has 1 aromatic carbocycles. The Morgan fingerprint density at radius 1 is 1.33 bits per heavy atom. The van der Waals surface area contributed by atoms with E-state index in [1.165, 1.54) is 11.1 Å². The van der Waals surface area contributed by atoms with E-state index in [0.717, 1.165) is 30.4 Å². The molecular weight excluding hydrogens is 290 g/mol. The van der Waals surface area contributed by atoms with Gasteiger partial charge >= 0.3 is 0 Å². The molecule has 0 aliphatic carbocycles. The van der Waals surface area contributed by atoms with Gasteiger partial charge in [-0.05, 0) is 38.3 Å². The van der Waals surface area contributed by atoms with Crippen LogP contribution in [0.3, 0.4) is 0 Å². The number of halogens is 1. The fourth-order valence-corrected chi connectivity index (χ4v) is 2.23. The molecule has 0 spiro atoms. The molecule has 0 aliphatic heterocycles. The molecule has 0 aliphatic rings. The molecule has 2 nitrogen and oxygen atoms in total. The van der Waals surface area contributed by atoms with Crippen LogP contribution in [0.1, 0.15) is 30.0 Å². The highest BCUT2D eigenvalue weighted by Crippen LogP contribution is 2.12. The Morgan fingerprint density at radius 2 is 2.06 bits per heavy atom. The first-order valence-electron chi connectivity index (χ1n) is 6.48. The lowest BCUT2D eigenvalue weighted by molar-refractivity contribution is -0.130. The third-order valence-corrected chi connectivity index (χ3v) is 3.70. The van der Waals surface area contributed by atoms with Gasteiger partial charge in [0, 0.05) is 18.4 Å². The SMILES string of the molecule is CCN(CCCBr)C(=O)Cc1cc(C)ccc1C. The highest BCUT2D eigenvalue weighted by atomic mass is 79.9. The molecule has 0 bridgehead atoms. The average Bonchev–Trinajstić information content (AvgIpc) is 2.35. The molecule has 0 saturated carbocycles. The average molecular weight is 312 g/mol. The molecule has 18 heavy (non-hydrogen) atoms. The van der Waals surface area contributed by atoms with Gasteiger partial charge in [-0.15, -0.1) is 0 Å². The van der Waals surface area contributed by atoms with Crippen LogP contribution < -0.4 is 0 Å². The Labute approximate surface area is 119 Å². The van der Waals surface area contributed by atoms with Crippen molar-refractivity contribution in [2.24, 2.45) is 0 Å². The van der Waals surface area contributed by atoms with E-state index >= 15 is 0 Å². The van der Waals surface area contributed by atoms with Gasteiger partial charge in [-0.1, -0.05) is 39.7 Å². The van der Waals surface area contributed by atoms with Gasteiger partial charge in [0.05, 0.1) is 6.42 Å². The Kier molecular flexibility index (Phi) is 6.41. The van der Waals surface area contributed by atoms with E-state index in [1.807, 2.05) is 11.8 Å². The van der Waals surface area contributed by atoms with Crippen molar-refractivity contribution >= 4 is 21.8 Å². The van der Waals surface area contributed by atoms with E-state index < -0.39 is 0 Å². The fraction of sp³-hybridized carbons (Fsp3) is 0.533. The summed E-state index contributed by atoms with van der Waals surface area (Å²) in [6, 6.07) is 6.30. The van der Waals surface area contributed by atoms with Gasteiger partial charge in [-0.2, -0.15) is 0 Å². The minimum Gasteiger partial charge on any atom is -0.343 e. The summed E-state index contributed by atoms with van der Waals surface area (Å²) in [5, 5.41) is 0.945. The third kappa shape index (κ3) is 4.45. The van der Waals surface area contributed by atoms with Crippen LogP contribution in [0.25, 0.3) is 0 Å². The summed E-state index contributed by atoms with van der Waals surface area (Å²) in [5.41, 5.74) is 3.56. The molecule has 1 aromatic rings. The molecular formula is C15H22BrNO. The quantitative estimate of drug-likeness (QED) is 0.737. The summed E-state index contributed by atoms with van der Waals surface area (Å²) >= 11 is 3.41. The van der Waals surface area contributed by atoms with Crippen molar-refractivity contribution in [3.63, 3.8) is 0 Å². The number of hydrogen-bond donors (Lipinski definition) is 0. The smallest absolute Gasteiger partial charge is 0.226 e. The Hall–Kier alpha value is -0.830. The first-order valence-corrected chi connectivity index (χ1v) is 7.60. The van der Waals surface area contributed by atoms with Crippen LogP contribution in [0, 0.1) is 13.8 Å². The highest BCUT2D eigenvalue weighted by molar-refractivity contribution is 9.09. The van der Waals surface area contributed by atoms with E-state index in [-0.39, 0.29) is 5.91 Å². The number of alkyl halides is 1. The molecule has 0 atom stereocenters. The van der Waals surface area contributed by atoms with Gasteiger partial charge in [0.15, 0.2) is 0 Å². The molecule has 3 heteroatoms. The van der Waals surface area contributed by atoms with Crippen LogP contribution in [-0.4, -0.2) is 29.2 Å². The van der Waals surface area contributed by atoms with Crippen LogP contribution in [-0.2, 0) is 11.2 Å². The minimum atomic E-state index is 0.229. The maximum absolute atomic E-state index is 12.2. The number of hydrogen-bond acceptors (Lipinski definition) is 1. The maximum Gasteiger partial charge on any atom is 0.226 e. The van der Waals surface area contributed by atoms with Crippen molar-refractivity contribution in [1.29, 1.82) is 0 Å². The van der Waals surface area contributed by atoms with Gasteiger partial charge in [-0.3, -0.25) is 4.79 Å². The molecule has 0 heterocycles. The Bertz CT molecular complexity index is 403. The van der Waals surface area contributed by atoms with Crippen LogP contribution in [0.4, 0.5) is 0 Å². The standard InChI is InChI=1S/C15H22BrNO/c1-4-17(9-5-8-16)15(18)11-14-10-12(2)6-7-13(14)3/h6-7,10H,4-5,8-9,11H2,1-3H3. The molecule has 0 unspecified atom stereocenters. The molecule has 1 rings (SSSR count). The number of aryl methyl sites for hydroxylation is 2. The van der Waals surface area contributed by atoms with Gasteiger partial charge in [0.25, 0.3) is 0 Å². The van der Waals surface area contributed by atoms with Crippen molar-refractivity contribution in [3.05, 3.63) is 34.9 Å². The summed E-state index contributed by atoms with van der Waals surface area (Å²) in [5.74, 6) is 0.229. The largest absolute Gasteiger partial charge is 0.343 e. The first kappa shape index (κ1) is 15.2. The molecule has 0 fully saturated rings. The maximum atomic E-state index is 12.2. The lowest BCUT2D eigenvalue weighted by atomic mass is 10.0. The summed E-state index contributed by atoms with van der Waals surface area (Å²) in [4.78, 5) is 14.2. The monoisotopic (exact) mass is 311 g/mol. The fourth-order valence-electron chi connectivity index (χ4n) is 1.98. The number of nitrogens with zero attached hydrogens (tertiary/aromatic N) is 1.